The molecule has 1 aliphatic heterocycles. The number of hydrogen-bond donors (Lipinski definition) is 1. The Bertz CT molecular complexity index is 1270. The van der Waals surface area contributed by atoms with Crippen LogP contribution in [-0.4, -0.2) is 48.4 Å². The molecule has 0 aromatic heterocycles. The number of amides is 2. The van der Waals surface area contributed by atoms with Crippen LogP contribution in [0, 0.1) is 5.82 Å². The van der Waals surface area contributed by atoms with Gasteiger partial charge in [-0.15, -0.1) is 0 Å². The fraction of sp³-hybridized carbons (Fsp3) is 0.333. The summed E-state index contributed by atoms with van der Waals surface area (Å²) in [7, 11) is 0. The normalized spacial score (nSPS) is 18.8. The Balaban J connectivity index is 1.30. The molecule has 1 heterocycles. The zero-order chi connectivity index (χ0) is 26.2. The van der Waals surface area contributed by atoms with Crippen molar-refractivity contribution >= 4 is 12.2 Å². The van der Waals surface area contributed by atoms with Crippen molar-refractivity contribution in [3.8, 4) is 11.1 Å². The summed E-state index contributed by atoms with van der Waals surface area (Å²) >= 11 is 0. The highest BCUT2D eigenvalue weighted by molar-refractivity contribution is 5.79. The number of halogens is 1. The number of carbonyl (C=O) groups is 2. The number of likely N-dealkylation sites (tertiary alicyclic amines) is 1. The van der Waals surface area contributed by atoms with E-state index in [1.807, 2.05) is 24.3 Å². The van der Waals surface area contributed by atoms with Crippen LogP contribution in [0.5, 0.6) is 0 Å². The molecule has 5 rings (SSSR count). The molecular formula is C30H31FN2O4. The smallest absolute Gasteiger partial charge is 0.410 e. The number of benzene rings is 3. The summed E-state index contributed by atoms with van der Waals surface area (Å²) in [5.41, 5.74) is 4.32. The van der Waals surface area contributed by atoms with Crippen LogP contribution in [0.3, 0.4) is 0 Å². The lowest BCUT2D eigenvalue weighted by molar-refractivity contribution is 0.0288. The highest BCUT2D eigenvalue weighted by Gasteiger charge is 2.40. The Morgan fingerprint density at radius 2 is 1.46 bits per heavy atom. The van der Waals surface area contributed by atoms with E-state index in [1.54, 1.807) is 39.0 Å². The van der Waals surface area contributed by atoms with Gasteiger partial charge < -0.3 is 19.7 Å². The number of nitrogens with one attached hydrogen (secondary N) is 1. The zero-order valence-corrected chi connectivity index (χ0v) is 21.2. The third kappa shape index (κ3) is 5.17. The fourth-order valence-electron chi connectivity index (χ4n) is 5.31. The number of rotatable bonds is 4. The highest BCUT2D eigenvalue weighted by Crippen LogP contribution is 2.44. The van der Waals surface area contributed by atoms with E-state index in [2.05, 4.69) is 29.6 Å². The van der Waals surface area contributed by atoms with Gasteiger partial charge >= 0.3 is 12.2 Å². The van der Waals surface area contributed by atoms with Crippen LogP contribution >= 0.6 is 0 Å². The number of alkyl carbamates (subject to hydrolysis) is 1. The monoisotopic (exact) mass is 502 g/mol. The first-order valence-corrected chi connectivity index (χ1v) is 12.5. The number of nitrogens with zero attached hydrogens (tertiary/aromatic N) is 1. The summed E-state index contributed by atoms with van der Waals surface area (Å²) in [6, 6.07) is 22.2. The predicted molar refractivity (Wildman–Crippen MR) is 139 cm³/mol. The molecule has 1 N–H and O–H groups in total. The largest absolute Gasteiger partial charge is 0.449 e. The van der Waals surface area contributed by atoms with E-state index >= 15 is 0 Å². The molecule has 1 aliphatic carbocycles. The van der Waals surface area contributed by atoms with Gasteiger partial charge in [-0.3, -0.25) is 0 Å². The molecule has 3 aromatic carbocycles. The average molecular weight is 503 g/mol. The third-order valence-corrected chi connectivity index (χ3v) is 6.92. The summed E-state index contributed by atoms with van der Waals surface area (Å²) in [5, 5.41) is 2.90. The van der Waals surface area contributed by atoms with Gasteiger partial charge in [0.15, 0.2) is 0 Å². The lowest BCUT2D eigenvalue weighted by Crippen LogP contribution is -2.42. The molecular weight excluding hydrogens is 471 g/mol. The van der Waals surface area contributed by atoms with Crippen molar-refractivity contribution in [2.75, 3.05) is 19.7 Å². The standard InChI is InChI=1S/C30H31FN2O4/c1-30(2,3)37-29(35)33-16-24(23-14-8-9-15-26(23)31)27(17-33)32-28(34)36-18-25-21-12-6-4-10-19(21)20-11-5-7-13-22(20)25/h4-15,24-25,27H,16-18H2,1-3H3,(H,32,34). The molecule has 1 fully saturated rings. The molecule has 2 aliphatic rings. The minimum Gasteiger partial charge on any atom is -0.449 e. The Hall–Kier alpha value is -3.87. The Labute approximate surface area is 216 Å². The van der Waals surface area contributed by atoms with Crippen molar-refractivity contribution in [2.24, 2.45) is 0 Å². The Morgan fingerprint density at radius 3 is 2.05 bits per heavy atom. The van der Waals surface area contributed by atoms with Crippen molar-refractivity contribution in [1.82, 2.24) is 10.2 Å². The van der Waals surface area contributed by atoms with Gasteiger partial charge in [-0.25, -0.2) is 14.0 Å². The molecule has 6 nitrogen and oxygen atoms in total. The molecule has 0 bridgehead atoms. The lowest BCUT2D eigenvalue weighted by atomic mass is 9.94. The highest BCUT2D eigenvalue weighted by atomic mass is 19.1. The van der Waals surface area contributed by atoms with Crippen molar-refractivity contribution in [3.63, 3.8) is 0 Å². The van der Waals surface area contributed by atoms with Crippen LogP contribution in [0.15, 0.2) is 72.8 Å². The van der Waals surface area contributed by atoms with E-state index in [0.717, 1.165) is 22.3 Å². The maximum atomic E-state index is 14.7. The summed E-state index contributed by atoms with van der Waals surface area (Å²) < 4.78 is 25.9. The van der Waals surface area contributed by atoms with Crippen LogP contribution in [0.1, 0.15) is 49.3 Å². The van der Waals surface area contributed by atoms with E-state index in [-0.39, 0.29) is 31.4 Å². The molecule has 7 heteroatoms. The molecule has 2 unspecified atom stereocenters. The van der Waals surface area contributed by atoms with Gasteiger partial charge in [0.05, 0.1) is 6.04 Å². The van der Waals surface area contributed by atoms with Gasteiger partial charge in [-0.2, -0.15) is 0 Å². The molecule has 37 heavy (non-hydrogen) atoms. The van der Waals surface area contributed by atoms with Gasteiger partial charge in [0.1, 0.15) is 18.0 Å². The van der Waals surface area contributed by atoms with Crippen LogP contribution in [0.25, 0.3) is 11.1 Å². The van der Waals surface area contributed by atoms with Crippen molar-refractivity contribution in [2.45, 2.75) is 44.2 Å². The van der Waals surface area contributed by atoms with E-state index in [9.17, 15) is 14.0 Å². The molecule has 0 saturated carbocycles. The number of hydrogen-bond acceptors (Lipinski definition) is 4. The fourth-order valence-corrected chi connectivity index (χ4v) is 5.31. The second kappa shape index (κ2) is 9.88. The van der Waals surface area contributed by atoms with Gasteiger partial charge in [0, 0.05) is 24.9 Å². The SMILES string of the molecule is CC(C)(C)OC(=O)N1CC(NC(=O)OCC2c3ccccc3-c3ccccc32)C(c2ccccc2F)C1. The second-order valence-electron chi connectivity index (χ2n) is 10.6. The van der Waals surface area contributed by atoms with Crippen molar-refractivity contribution < 1.29 is 23.5 Å². The maximum Gasteiger partial charge on any atom is 0.410 e. The predicted octanol–water partition coefficient (Wildman–Crippen LogP) is 6.07. The summed E-state index contributed by atoms with van der Waals surface area (Å²) in [6.45, 7) is 5.97. The maximum absolute atomic E-state index is 14.7. The van der Waals surface area contributed by atoms with Gasteiger partial charge in [-0.05, 0) is 54.7 Å². The van der Waals surface area contributed by atoms with Gasteiger partial charge in [0.2, 0.25) is 0 Å². The van der Waals surface area contributed by atoms with E-state index < -0.39 is 29.7 Å². The van der Waals surface area contributed by atoms with Crippen LogP contribution in [-0.2, 0) is 9.47 Å². The topological polar surface area (TPSA) is 67.9 Å². The van der Waals surface area contributed by atoms with E-state index in [0.29, 0.717) is 5.56 Å². The van der Waals surface area contributed by atoms with E-state index in [4.69, 9.17) is 9.47 Å². The van der Waals surface area contributed by atoms with Crippen molar-refractivity contribution in [1.29, 1.82) is 0 Å². The number of fused-ring (bicyclic) bond motifs is 3. The minimum atomic E-state index is -0.664. The zero-order valence-electron chi connectivity index (χ0n) is 21.2. The third-order valence-electron chi connectivity index (χ3n) is 6.92. The Kier molecular flexibility index (Phi) is 6.63. The summed E-state index contributed by atoms with van der Waals surface area (Å²) in [4.78, 5) is 27.2. The molecule has 2 amide bonds. The molecule has 0 radical (unpaired) electrons. The number of ether oxygens (including phenoxy) is 2. The lowest BCUT2D eigenvalue weighted by Gasteiger charge is -2.24. The van der Waals surface area contributed by atoms with E-state index in [1.165, 1.54) is 11.0 Å². The molecule has 192 valence electrons. The van der Waals surface area contributed by atoms with Crippen LogP contribution in [0.2, 0.25) is 0 Å². The van der Waals surface area contributed by atoms with Crippen molar-refractivity contribution in [3.05, 3.63) is 95.3 Å². The number of carbonyl (C=O) groups excluding carboxylic acids is 2. The average Bonchev–Trinajstić information content (AvgIpc) is 3.41. The van der Waals surface area contributed by atoms with Gasteiger partial charge in [-0.1, -0.05) is 66.7 Å². The molecule has 2 atom stereocenters. The van der Waals surface area contributed by atoms with Gasteiger partial charge in [0.25, 0.3) is 0 Å². The first-order chi connectivity index (χ1) is 17.7. The first-order valence-electron chi connectivity index (χ1n) is 12.5. The minimum absolute atomic E-state index is 0.0673. The molecule has 0 spiro atoms. The second-order valence-corrected chi connectivity index (χ2v) is 10.6. The molecule has 3 aromatic rings. The van der Waals surface area contributed by atoms with Crippen LogP contribution in [0.4, 0.5) is 14.0 Å². The quantitative estimate of drug-likeness (QED) is 0.470. The first kappa shape index (κ1) is 24.8. The Morgan fingerprint density at radius 1 is 0.892 bits per heavy atom. The summed E-state index contributed by atoms with van der Waals surface area (Å²) in [6.07, 6.45) is -1.09. The van der Waals surface area contributed by atoms with Crippen LogP contribution < -0.4 is 5.32 Å². The summed E-state index contributed by atoms with van der Waals surface area (Å²) in [5.74, 6) is -0.880. The molecule has 1 saturated heterocycles.